The molecule has 0 unspecified atom stereocenters. The standard InChI is InChI=1S/C17H8BrClF3N3/c18-10-4-5-13-12(7-10)15-14(8-23-13)24-16(19)25(15)11-3-1-2-9(6-11)17(20,21)22/h1-8H. The van der Waals surface area contributed by atoms with Crippen molar-refractivity contribution in [2.75, 3.05) is 0 Å². The van der Waals surface area contributed by atoms with Gasteiger partial charge in [-0.05, 0) is 48.0 Å². The zero-order chi connectivity index (χ0) is 17.8. The molecule has 0 aliphatic carbocycles. The fraction of sp³-hybridized carbons (Fsp3) is 0.0588. The number of aromatic nitrogens is 3. The Morgan fingerprint density at radius 3 is 2.60 bits per heavy atom. The van der Waals surface area contributed by atoms with E-state index in [1.807, 2.05) is 18.2 Å². The number of hydrogen-bond donors (Lipinski definition) is 0. The van der Waals surface area contributed by atoms with E-state index in [-0.39, 0.29) is 11.0 Å². The summed E-state index contributed by atoms with van der Waals surface area (Å²) in [5.41, 5.74) is 1.35. The molecular formula is C17H8BrClF3N3. The van der Waals surface area contributed by atoms with E-state index in [0.717, 1.165) is 22.0 Å². The van der Waals surface area contributed by atoms with Crippen molar-refractivity contribution < 1.29 is 13.2 Å². The van der Waals surface area contributed by atoms with Crippen LogP contribution in [0.5, 0.6) is 0 Å². The normalized spacial score (nSPS) is 12.2. The molecule has 4 rings (SSSR count). The number of halogens is 5. The van der Waals surface area contributed by atoms with E-state index in [1.165, 1.54) is 10.6 Å². The fourth-order valence-electron chi connectivity index (χ4n) is 2.76. The molecule has 8 heteroatoms. The summed E-state index contributed by atoms with van der Waals surface area (Å²) in [6.45, 7) is 0. The Bertz CT molecular complexity index is 1120. The third-order valence-corrected chi connectivity index (χ3v) is 4.58. The monoisotopic (exact) mass is 425 g/mol. The lowest BCUT2D eigenvalue weighted by atomic mass is 10.1. The molecule has 4 aromatic rings. The number of nitrogens with zero attached hydrogens (tertiary/aromatic N) is 3. The van der Waals surface area contributed by atoms with Crippen LogP contribution >= 0.6 is 27.5 Å². The highest BCUT2D eigenvalue weighted by Crippen LogP contribution is 2.34. The summed E-state index contributed by atoms with van der Waals surface area (Å²) in [6, 6.07) is 10.5. The molecule has 0 spiro atoms. The van der Waals surface area contributed by atoms with Gasteiger partial charge in [-0.15, -0.1) is 0 Å². The van der Waals surface area contributed by atoms with E-state index in [0.29, 0.717) is 16.6 Å². The summed E-state index contributed by atoms with van der Waals surface area (Å²) in [6.07, 6.45) is -2.88. The molecule has 0 saturated carbocycles. The number of imidazole rings is 1. The molecule has 3 nitrogen and oxygen atoms in total. The molecule has 2 aromatic heterocycles. The number of fused-ring (bicyclic) bond motifs is 3. The number of hydrogen-bond acceptors (Lipinski definition) is 2. The summed E-state index contributed by atoms with van der Waals surface area (Å²) < 4.78 is 41.5. The highest BCUT2D eigenvalue weighted by molar-refractivity contribution is 9.10. The Kier molecular flexibility index (Phi) is 3.73. The molecular weight excluding hydrogens is 419 g/mol. The minimum absolute atomic E-state index is 0.0728. The van der Waals surface area contributed by atoms with Gasteiger partial charge in [-0.3, -0.25) is 9.55 Å². The lowest BCUT2D eigenvalue weighted by Gasteiger charge is -2.11. The minimum Gasteiger partial charge on any atom is -0.282 e. The first-order chi connectivity index (χ1) is 11.8. The molecule has 0 N–H and O–H groups in total. The van der Waals surface area contributed by atoms with Crippen LogP contribution in [-0.2, 0) is 6.18 Å². The largest absolute Gasteiger partial charge is 0.416 e. The molecule has 25 heavy (non-hydrogen) atoms. The molecule has 0 bridgehead atoms. The summed E-state index contributed by atoms with van der Waals surface area (Å²) in [5, 5.41) is 0.812. The molecule has 0 aliphatic heterocycles. The van der Waals surface area contributed by atoms with Crippen LogP contribution < -0.4 is 0 Å². The summed E-state index contributed by atoms with van der Waals surface area (Å²) in [4.78, 5) is 8.55. The van der Waals surface area contributed by atoms with Crippen LogP contribution in [0.3, 0.4) is 0 Å². The first-order valence-electron chi connectivity index (χ1n) is 7.14. The van der Waals surface area contributed by atoms with E-state index in [1.54, 1.807) is 12.3 Å². The fourth-order valence-corrected chi connectivity index (χ4v) is 3.39. The van der Waals surface area contributed by atoms with Gasteiger partial charge in [0.25, 0.3) is 0 Å². The van der Waals surface area contributed by atoms with Crippen molar-refractivity contribution in [1.29, 1.82) is 0 Å². The van der Waals surface area contributed by atoms with Crippen molar-refractivity contribution in [3.63, 3.8) is 0 Å². The Morgan fingerprint density at radius 2 is 1.84 bits per heavy atom. The van der Waals surface area contributed by atoms with Gasteiger partial charge < -0.3 is 0 Å². The van der Waals surface area contributed by atoms with Crippen LogP contribution in [0, 0.1) is 0 Å². The van der Waals surface area contributed by atoms with Crippen LogP contribution in [0.4, 0.5) is 13.2 Å². The van der Waals surface area contributed by atoms with E-state index in [2.05, 4.69) is 25.9 Å². The zero-order valence-corrected chi connectivity index (χ0v) is 14.7. The van der Waals surface area contributed by atoms with Crippen molar-refractivity contribution in [3.05, 3.63) is 64.0 Å². The summed E-state index contributed by atoms with van der Waals surface area (Å²) in [5.74, 6) is 0. The first kappa shape index (κ1) is 16.4. The van der Waals surface area contributed by atoms with E-state index < -0.39 is 11.7 Å². The van der Waals surface area contributed by atoms with Gasteiger partial charge in [-0.25, -0.2) is 4.98 Å². The van der Waals surface area contributed by atoms with Crippen LogP contribution in [0.1, 0.15) is 5.56 Å². The van der Waals surface area contributed by atoms with Gasteiger partial charge in [0.15, 0.2) is 0 Å². The van der Waals surface area contributed by atoms with Crippen molar-refractivity contribution in [1.82, 2.24) is 14.5 Å². The van der Waals surface area contributed by atoms with Gasteiger partial charge in [0.05, 0.1) is 22.8 Å². The number of pyridine rings is 1. The molecule has 0 amide bonds. The van der Waals surface area contributed by atoms with E-state index in [9.17, 15) is 13.2 Å². The predicted molar refractivity (Wildman–Crippen MR) is 94.1 cm³/mol. The first-order valence-corrected chi connectivity index (χ1v) is 8.31. The number of benzene rings is 2. The summed E-state index contributed by atoms with van der Waals surface area (Å²) >= 11 is 9.64. The second kappa shape index (κ2) is 5.71. The molecule has 0 atom stereocenters. The van der Waals surface area contributed by atoms with Gasteiger partial charge in [-0.1, -0.05) is 22.0 Å². The maximum Gasteiger partial charge on any atom is 0.416 e. The van der Waals surface area contributed by atoms with Crippen LogP contribution in [-0.4, -0.2) is 14.5 Å². The molecule has 0 aliphatic rings. The maximum absolute atomic E-state index is 13.1. The Hall–Kier alpha value is -2.12. The second-order valence-electron chi connectivity index (χ2n) is 5.42. The van der Waals surface area contributed by atoms with Crippen molar-refractivity contribution in [3.8, 4) is 5.69 Å². The average Bonchev–Trinajstić information content (AvgIpc) is 2.90. The van der Waals surface area contributed by atoms with Crippen LogP contribution in [0.25, 0.3) is 27.6 Å². The Labute approximate surface area is 153 Å². The van der Waals surface area contributed by atoms with Gasteiger partial charge in [0, 0.05) is 15.5 Å². The molecule has 2 aromatic carbocycles. The lowest BCUT2D eigenvalue weighted by molar-refractivity contribution is -0.137. The molecule has 0 fully saturated rings. The lowest BCUT2D eigenvalue weighted by Crippen LogP contribution is -2.06. The third kappa shape index (κ3) is 2.77. The minimum atomic E-state index is -4.44. The molecule has 126 valence electrons. The zero-order valence-electron chi connectivity index (χ0n) is 12.4. The SMILES string of the molecule is FC(F)(F)c1cccc(-n2c(Cl)nc3cnc4ccc(Br)cc4c32)c1. The van der Waals surface area contributed by atoms with Gasteiger partial charge in [-0.2, -0.15) is 13.2 Å². The highest BCUT2D eigenvalue weighted by Gasteiger charge is 2.30. The van der Waals surface area contributed by atoms with Gasteiger partial charge in [0.2, 0.25) is 5.28 Å². The van der Waals surface area contributed by atoms with E-state index >= 15 is 0 Å². The van der Waals surface area contributed by atoms with Gasteiger partial charge >= 0.3 is 6.18 Å². The second-order valence-corrected chi connectivity index (χ2v) is 6.67. The van der Waals surface area contributed by atoms with Crippen molar-refractivity contribution >= 4 is 49.5 Å². The van der Waals surface area contributed by atoms with Crippen molar-refractivity contribution in [2.45, 2.75) is 6.18 Å². The number of rotatable bonds is 1. The molecule has 2 heterocycles. The van der Waals surface area contributed by atoms with Crippen LogP contribution in [0.15, 0.2) is 53.1 Å². The van der Waals surface area contributed by atoms with Crippen LogP contribution in [0.2, 0.25) is 5.28 Å². The van der Waals surface area contributed by atoms with E-state index in [4.69, 9.17) is 11.6 Å². The highest BCUT2D eigenvalue weighted by atomic mass is 79.9. The molecule has 0 radical (unpaired) electrons. The maximum atomic E-state index is 13.1. The van der Waals surface area contributed by atoms with Crippen molar-refractivity contribution in [2.24, 2.45) is 0 Å². The summed E-state index contributed by atoms with van der Waals surface area (Å²) in [7, 11) is 0. The topological polar surface area (TPSA) is 30.7 Å². The number of alkyl halides is 3. The predicted octanol–water partition coefficient (Wildman–Crippen LogP) is 6.01. The quantitative estimate of drug-likeness (QED) is 0.373. The average molecular weight is 427 g/mol. The smallest absolute Gasteiger partial charge is 0.282 e. The van der Waals surface area contributed by atoms with Gasteiger partial charge in [0.1, 0.15) is 5.52 Å². The third-order valence-electron chi connectivity index (χ3n) is 3.83. The molecule has 0 saturated heterocycles. The Balaban J connectivity index is 2.08. The Morgan fingerprint density at radius 1 is 1.04 bits per heavy atom.